The first-order valence-corrected chi connectivity index (χ1v) is 6.41. The summed E-state index contributed by atoms with van der Waals surface area (Å²) in [5.74, 6) is -3.92. The van der Waals surface area contributed by atoms with Crippen molar-refractivity contribution in [1.29, 1.82) is 0 Å². The molecule has 1 aromatic heterocycles. The molecule has 3 nitrogen and oxygen atoms in total. The lowest BCUT2D eigenvalue weighted by Gasteiger charge is -2.03. The van der Waals surface area contributed by atoms with Gasteiger partial charge in [-0.25, -0.2) is 13.2 Å². The van der Waals surface area contributed by atoms with Crippen molar-refractivity contribution in [3.05, 3.63) is 65.5 Å². The highest BCUT2D eigenvalue weighted by atomic mass is 19.2. The zero-order valence-corrected chi connectivity index (χ0v) is 11.2. The van der Waals surface area contributed by atoms with Gasteiger partial charge in [0.25, 0.3) is 0 Å². The van der Waals surface area contributed by atoms with E-state index in [1.807, 2.05) is 6.07 Å². The minimum absolute atomic E-state index is 0.00798. The molecule has 0 aliphatic rings. The molecule has 3 rings (SSSR count). The summed E-state index contributed by atoms with van der Waals surface area (Å²) in [6, 6.07) is 10.5. The Kier molecular flexibility index (Phi) is 3.68. The number of hydrogen-bond acceptors (Lipinski definition) is 3. The summed E-state index contributed by atoms with van der Waals surface area (Å²) in [5, 5.41) is 13.3. The number of aliphatic hydroxyl groups excluding tert-OH is 1. The molecule has 0 aliphatic heterocycles. The standard InChI is InChI=1S/C16H10F3NO2/c17-12-6-10(7-13(18)14(12)19)15-11(8-21)16(22-20-15)9-4-2-1-3-5-9/h1-7,21H,8H2. The van der Waals surface area contributed by atoms with Gasteiger partial charge in [-0.15, -0.1) is 0 Å². The molecule has 22 heavy (non-hydrogen) atoms. The Morgan fingerprint density at radius 1 is 0.955 bits per heavy atom. The van der Waals surface area contributed by atoms with Crippen LogP contribution in [0.25, 0.3) is 22.6 Å². The topological polar surface area (TPSA) is 46.3 Å². The lowest BCUT2D eigenvalue weighted by Crippen LogP contribution is -1.94. The van der Waals surface area contributed by atoms with Gasteiger partial charge in [0.05, 0.1) is 12.2 Å². The van der Waals surface area contributed by atoms with Crippen LogP contribution >= 0.6 is 0 Å². The van der Waals surface area contributed by atoms with E-state index >= 15 is 0 Å². The molecular formula is C16H10F3NO2. The van der Waals surface area contributed by atoms with Crippen LogP contribution in [0.3, 0.4) is 0 Å². The Morgan fingerprint density at radius 3 is 2.18 bits per heavy atom. The smallest absolute Gasteiger partial charge is 0.194 e. The monoisotopic (exact) mass is 305 g/mol. The third-order valence-electron chi connectivity index (χ3n) is 3.24. The maximum atomic E-state index is 13.4. The Hall–Kier alpha value is -2.60. The van der Waals surface area contributed by atoms with Crippen LogP contribution in [0.4, 0.5) is 13.2 Å². The molecule has 0 fully saturated rings. The SMILES string of the molecule is OCc1c(-c2cc(F)c(F)c(F)c2)noc1-c1ccccc1. The second kappa shape index (κ2) is 5.65. The van der Waals surface area contributed by atoms with Crippen LogP contribution < -0.4 is 0 Å². The van der Waals surface area contributed by atoms with E-state index in [0.717, 1.165) is 12.1 Å². The minimum atomic E-state index is -1.55. The molecular weight excluding hydrogens is 295 g/mol. The Labute approximate surface area is 123 Å². The van der Waals surface area contributed by atoms with Gasteiger partial charge in [0.15, 0.2) is 23.2 Å². The Morgan fingerprint density at radius 2 is 1.59 bits per heavy atom. The minimum Gasteiger partial charge on any atom is -0.391 e. The molecule has 0 saturated heterocycles. The van der Waals surface area contributed by atoms with Crippen LogP contribution in [0.15, 0.2) is 47.0 Å². The van der Waals surface area contributed by atoms with Gasteiger partial charge < -0.3 is 9.63 Å². The Bertz CT molecular complexity index is 793. The first-order valence-electron chi connectivity index (χ1n) is 6.41. The molecule has 0 amide bonds. The van der Waals surface area contributed by atoms with Gasteiger partial charge in [-0.05, 0) is 12.1 Å². The molecule has 0 unspecified atom stereocenters. The number of hydrogen-bond donors (Lipinski definition) is 1. The number of halogens is 3. The summed E-state index contributed by atoms with van der Waals surface area (Å²) in [6.45, 7) is -0.441. The van der Waals surface area contributed by atoms with Crippen molar-refractivity contribution < 1.29 is 22.8 Å². The van der Waals surface area contributed by atoms with Crippen LogP contribution in [0.2, 0.25) is 0 Å². The number of aromatic nitrogens is 1. The van der Waals surface area contributed by atoms with Crippen molar-refractivity contribution in [3.63, 3.8) is 0 Å². The quantitative estimate of drug-likeness (QED) is 0.746. The second-order valence-electron chi connectivity index (χ2n) is 4.62. The van der Waals surface area contributed by atoms with Gasteiger partial charge >= 0.3 is 0 Å². The van der Waals surface area contributed by atoms with Gasteiger partial charge in [-0.1, -0.05) is 35.5 Å². The van der Waals surface area contributed by atoms with E-state index in [4.69, 9.17) is 4.52 Å². The molecule has 1 N–H and O–H groups in total. The average Bonchev–Trinajstić information content (AvgIpc) is 2.96. The molecule has 112 valence electrons. The van der Waals surface area contributed by atoms with Gasteiger partial charge in [-0.3, -0.25) is 0 Å². The summed E-state index contributed by atoms with van der Waals surface area (Å²) in [5.41, 5.74) is 0.996. The lowest BCUT2D eigenvalue weighted by molar-refractivity contribution is 0.281. The van der Waals surface area contributed by atoms with Crippen LogP contribution in [-0.4, -0.2) is 10.3 Å². The van der Waals surface area contributed by atoms with E-state index in [1.54, 1.807) is 24.3 Å². The molecule has 3 aromatic rings. The maximum Gasteiger partial charge on any atom is 0.194 e. The highest BCUT2D eigenvalue weighted by molar-refractivity contribution is 5.72. The highest BCUT2D eigenvalue weighted by Gasteiger charge is 2.21. The van der Waals surface area contributed by atoms with Gasteiger partial charge in [0.1, 0.15) is 5.69 Å². The van der Waals surface area contributed by atoms with Crippen molar-refractivity contribution in [2.75, 3.05) is 0 Å². The van der Waals surface area contributed by atoms with Gasteiger partial charge in [0, 0.05) is 11.1 Å². The van der Waals surface area contributed by atoms with Crippen molar-refractivity contribution >= 4 is 0 Å². The van der Waals surface area contributed by atoms with E-state index in [9.17, 15) is 18.3 Å². The third kappa shape index (κ3) is 2.37. The largest absolute Gasteiger partial charge is 0.391 e. The molecule has 0 bridgehead atoms. The van der Waals surface area contributed by atoms with E-state index in [-0.39, 0.29) is 16.8 Å². The number of rotatable bonds is 3. The number of benzene rings is 2. The van der Waals surface area contributed by atoms with E-state index < -0.39 is 24.1 Å². The predicted octanol–water partition coefficient (Wildman–Crippen LogP) is 3.92. The van der Waals surface area contributed by atoms with Crippen molar-refractivity contribution in [2.45, 2.75) is 6.61 Å². The van der Waals surface area contributed by atoms with Crippen molar-refractivity contribution in [2.24, 2.45) is 0 Å². The highest BCUT2D eigenvalue weighted by Crippen LogP contribution is 2.33. The number of aliphatic hydroxyl groups is 1. The molecule has 0 aliphatic carbocycles. The molecule has 1 heterocycles. The summed E-state index contributed by atoms with van der Waals surface area (Å²) in [7, 11) is 0. The van der Waals surface area contributed by atoms with Gasteiger partial charge in [0.2, 0.25) is 0 Å². The summed E-state index contributed by atoms with van der Waals surface area (Å²) < 4.78 is 44.9. The fraction of sp³-hybridized carbons (Fsp3) is 0.0625. The fourth-order valence-corrected chi connectivity index (χ4v) is 2.19. The molecule has 0 saturated carbocycles. The summed E-state index contributed by atoms with van der Waals surface area (Å²) in [4.78, 5) is 0. The van der Waals surface area contributed by atoms with E-state index in [0.29, 0.717) is 11.3 Å². The predicted molar refractivity (Wildman–Crippen MR) is 73.2 cm³/mol. The second-order valence-corrected chi connectivity index (χ2v) is 4.62. The third-order valence-corrected chi connectivity index (χ3v) is 3.24. The van der Waals surface area contributed by atoms with Crippen LogP contribution in [0, 0.1) is 17.5 Å². The molecule has 2 aromatic carbocycles. The molecule has 0 atom stereocenters. The first kappa shape index (κ1) is 14.3. The zero-order chi connectivity index (χ0) is 15.7. The molecule has 6 heteroatoms. The molecule has 0 spiro atoms. The van der Waals surface area contributed by atoms with Crippen LogP contribution in [0.1, 0.15) is 5.56 Å². The van der Waals surface area contributed by atoms with E-state index in [2.05, 4.69) is 5.16 Å². The maximum absolute atomic E-state index is 13.4. The summed E-state index contributed by atoms with van der Waals surface area (Å²) >= 11 is 0. The fourth-order valence-electron chi connectivity index (χ4n) is 2.19. The first-order chi connectivity index (χ1) is 10.6. The lowest BCUT2D eigenvalue weighted by atomic mass is 10.0. The van der Waals surface area contributed by atoms with Crippen LogP contribution in [-0.2, 0) is 6.61 Å². The van der Waals surface area contributed by atoms with E-state index in [1.165, 1.54) is 0 Å². The normalized spacial score (nSPS) is 10.9. The van der Waals surface area contributed by atoms with Crippen molar-refractivity contribution in [1.82, 2.24) is 5.16 Å². The van der Waals surface area contributed by atoms with Gasteiger partial charge in [-0.2, -0.15) is 0 Å². The average molecular weight is 305 g/mol. The Balaban J connectivity index is 2.15. The number of nitrogens with zero attached hydrogens (tertiary/aromatic N) is 1. The zero-order valence-electron chi connectivity index (χ0n) is 11.2. The van der Waals surface area contributed by atoms with Crippen molar-refractivity contribution in [3.8, 4) is 22.6 Å². The summed E-state index contributed by atoms with van der Waals surface area (Å²) in [6.07, 6.45) is 0. The van der Waals surface area contributed by atoms with Crippen LogP contribution in [0.5, 0.6) is 0 Å². The molecule has 0 radical (unpaired) electrons.